The summed E-state index contributed by atoms with van der Waals surface area (Å²) in [6, 6.07) is 0. The third-order valence-electron chi connectivity index (χ3n) is 5.26. The van der Waals surface area contributed by atoms with E-state index in [1.165, 1.54) is 65.1 Å². The quantitative estimate of drug-likeness (QED) is 0.182. The Hall–Kier alpha value is -2.56. The molecule has 0 spiro atoms. The van der Waals surface area contributed by atoms with Crippen molar-refractivity contribution in [2.75, 3.05) is 24.7 Å². The molecule has 226 valence electrons. The largest absolute Gasteiger partial charge is 0.456 e. The number of carbonyl (C=O) groups excluding carboxylic acids is 6. The average Bonchev–Trinajstić information content (AvgIpc) is 2.81. The molecule has 0 aromatic carbocycles. The molecule has 40 heavy (non-hydrogen) atoms. The smallest absolute Gasteiger partial charge is 0.303 e. The van der Waals surface area contributed by atoms with E-state index in [1.54, 1.807) is 0 Å². The Kier molecular flexibility index (Phi) is 13.5. The molecular formula is C24H34O14S2. The number of hydrogen-bond acceptors (Lipinski definition) is 16. The van der Waals surface area contributed by atoms with Crippen LogP contribution in [-0.2, 0) is 66.7 Å². The number of esters is 6. The molecule has 16 heteroatoms. The molecule has 0 saturated carbocycles. The van der Waals surface area contributed by atoms with Gasteiger partial charge in [-0.2, -0.15) is 0 Å². The summed E-state index contributed by atoms with van der Waals surface area (Å²) in [4.78, 5) is 70.2. The van der Waals surface area contributed by atoms with E-state index in [-0.39, 0.29) is 13.2 Å². The molecule has 2 aliphatic heterocycles. The van der Waals surface area contributed by atoms with E-state index in [9.17, 15) is 28.8 Å². The molecule has 2 saturated heterocycles. The van der Waals surface area contributed by atoms with Gasteiger partial charge in [-0.1, -0.05) is 0 Å². The van der Waals surface area contributed by atoms with Crippen LogP contribution >= 0.6 is 23.5 Å². The number of thioether (sulfide) groups is 2. The Labute approximate surface area is 239 Å². The Morgan fingerprint density at radius 2 is 0.775 bits per heavy atom. The Bertz CT molecular complexity index is 869. The van der Waals surface area contributed by atoms with Crippen molar-refractivity contribution in [2.45, 2.75) is 89.0 Å². The van der Waals surface area contributed by atoms with Crippen LogP contribution < -0.4 is 0 Å². The summed E-state index contributed by atoms with van der Waals surface area (Å²) in [5.41, 5.74) is -1.53. The fourth-order valence-corrected chi connectivity index (χ4v) is 6.42. The highest BCUT2D eigenvalue weighted by Gasteiger charge is 2.48. The maximum atomic E-state index is 11.8. The zero-order valence-corrected chi connectivity index (χ0v) is 24.6. The van der Waals surface area contributed by atoms with E-state index in [0.29, 0.717) is 11.5 Å². The van der Waals surface area contributed by atoms with Gasteiger partial charge in [-0.05, 0) is 0 Å². The monoisotopic (exact) mass is 610 g/mol. The van der Waals surface area contributed by atoms with Crippen molar-refractivity contribution >= 4 is 59.3 Å². The van der Waals surface area contributed by atoms with Gasteiger partial charge in [-0.3, -0.25) is 28.8 Å². The predicted molar refractivity (Wildman–Crippen MR) is 138 cm³/mol. The molecule has 2 heterocycles. The molecule has 0 aliphatic carbocycles. The van der Waals surface area contributed by atoms with E-state index in [4.69, 9.17) is 37.9 Å². The Balaban J connectivity index is 2.09. The predicted octanol–water partition coefficient (Wildman–Crippen LogP) is 0.756. The van der Waals surface area contributed by atoms with E-state index in [0.717, 1.165) is 0 Å². The summed E-state index contributed by atoms with van der Waals surface area (Å²) in [6.07, 6.45) is -6.23. The average molecular weight is 611 g/mol. The van der Waals surface area contributed by atoms with Gasteiger partial charge in [0.1, 0.15) is 10.9 Å². The Morgan fingerprint density at radius 3 is 1.05 bits per heavy atom. The Morgan fingerprint density at radius 1 is 0.500 bits per heavy atom. The highest BCUT2D eigenvalue weighted by molar-refractivity contribution is 8.03. The SMILES string of the molecule is CC(=O)O[C@@H]1[C@@H](OC(C)=O)[C@H](SCCS[C@@H]2OC[C@H](OC(C)=O)[C@H](OC(C)=O)[C@H]2OC(C)=O)OC[C@@H]1OC(C)=O. The second kappa shape index (κ2) is 16.0. The molecule has 0 bridgehead atoms. The van der Waals surface area contributed by atoms with Gasteiger partial charge in [-0.25, -0.2) is 0 Å². The van der Waals surface area contributed by atoms with Gasteiger partial charge in [0.05, 0.1) is 13.2 Å². The molecule has 0 amide bonds. The van der Waals surface area contributed by atoms with Crippen molar-refractivity contribution < 1.29 is 66.7 Å². The van der Waals surface area contributed by atoms with Gasteiger partial charge in [0.2, 0.25) is 0 Å². The highest BCUT2D eigenvalue weighted by Crippen LogP contribution is 2.34. The number of hydrogen-bond donors (Lipinski definition) is 0. The molecule has 2 aliphatic rings. The van der Waals surface area contributed by atoms with E-state index in [2.05, 4.69) is 0 Å². The van der Waals surface area contributed by atoms with Crippen molar-refractivity contribution in [3.8, 4) is 0 Å². The molecule has 14 nitrogen and oxygen atoms in total. The summed E-state index contributed by atoms with van der Waals surface area (Å²) in [5.74, 6) is -3.03. The van der Waals surface area contributed by atoms with Gasteiger partial charge < -0.3 is 37.9 Å². The van der Waals surface area contributed by atoms with Crippen molar-refractivity contribution in [1.82, 2.24) is 0 Å². The minimum Gasteiger partial charge on any atom is -0.456 e. The second-order valence-electron chi connectivity index (χ2n) is 8.74. The standard InChI is InChI=1S/C24H34O14S2/c1-11(25)33-17-9-31-23(21(37-15(5)29)19(17)35-13(3)27)39-7-8-40-24-22(38-16(6)30)20(36-14(4)28)18(10-32-24)34-12(2)26/h17-24H,7-10H2,1-6H3/t17-,18-,19-,20-,21+,22+,23-,24-/m0/s1. The van der Waals surface area contributed by atoms with Crippen LogP contribution in [0.15, 0.2) is 0 Å². The first-order chi connectivity index (χ1) is 18.8. The molecule has 0 radical (unpaired) electrons. The summed E-state index contributed by atoms with van der Waals surface area (Å²) < 4.78 is 43.5. The third-order valence-corrected chi connectivity index (χ3v) is 7.86. The molecule has 0 unspecified atom stereocenters. The van der Waals surface area contributed by atoms with E-state index >= 15 is 0 Å². The first-order valence-corrected chi connectivity index (χ1v) is 14.4. The summed E-state index contributed by atoms with van der Waals surface area (Å²) in [6.45, 7) is 6.95. The lowest BCUT2D eigenvalue weighted by Gasteiger charge is -2.41. The lowest BCUT2D eigenvalue weighted by Crippen LogP contribution is -2.56. The van der Waals surface area contributed by atoms with Gasteiger partial charge >= 0.3 is 35.8 Å². The van der Waals surface area contributed by atoms with Crippen LogP contribution in [0.25, 0.3) is 0 Å². The minimum absolute atomic E-state index is 0.0953. The van der Waals surface area contributed by atoms with Crippen molar-refractivity contribution in [1.29, 1.82) is 0 Å². The summed E-state index contributed by atoms with van der Waals surface area (Å²) >= 11 is 2.51. The van der Waals surface area contributed by atoms with Crippen molar-refractivity contribution in [3.63, 3.8) is 0 Å². The summed E-state index contributed by atoms with van der Waals surface area (Å²) in [5, 5.41) is 0. The lowest BCUT2D eigenvalue weighted by molar-refractivity contribution is -0.213. The van der Waals surface area contributed by atoms with Crippen LogP contribution in [-0.4, -0.2) is 108 Å². The second-order valence-corrected chi connectivity index (χ2v) is 11.1. The fourth-order valence-electron chi connectivity index (χ4n) is 4.03. The zero-order valence-electron chi connectivity index (χ0n) is 23.0. The topological polar surface area (TPSA) is 176 Å². The fraction of sp³-hybridized carbons (Fsp3) is 0.750. The van der Waals surface area contributed by atoms with Crippen LogP contribution in [0, 0.1) is 0 Å². The first-order valence-electron chi connectivity index (χ1n) is 12.3. The van der Waals surface area contributed by atoms with Crippen LogP contribution in [0.5, 0.6) is 0 Å². The van der Waals surface area contributed by atoms with Gasteiger partial charge in [-0.15, -0.1) is 23.5 Å². The van der Waals surface area contributed by atoms with Gasteiger partial charge in [0.25, 0.3) is 0 Å². The van der Waals surface area contributed by atoms with E-state index < -0.39 is 83.3 Å². The van der Waals surface area contributed by atoms with Crippen LogP contribution in [0.1, 0.15) is 41.5 Å². The maximum Gasteiger partial charge on any atom is 0.303 e. The van der Waals surface area contributed by atoms with Crippen LogP contribution in [0.3, 0.4) is 0 Å². The summed E-state index contributed by atoms with van der Waals surface area (Å²) in [7, 11) is 0. The van der Waals surface area contributed by atoms with Crippen molar-refractivity contribution in [2.24, 2.45) is 0 Å². The van der Waals surface area contributed by atoms with Crippen LogP contribution in [0.2, 0.25) is 0 Å². The highest BCUT2D eigenvalue weighted by atomic mass is 32.2. The van der Waals surface area contributed by atoms with Gasteiger partial charge in [0, 0.05) is 53.0 Å². The first kappa shape index (κ1) is 33.6. The zero-order chi connectivity index (χ0) is 30.0. The molecule has 0 aromatic heterocycles. The van der Waals surface area contributed by atoms with Gasteiger partial charge in [0.15, 0.2) is 36.6 Å². The molecule has 2 fully saturated rings. The minimum atomic E-state index is -1.08. The molecular weight excluding hydrogens is 576 g/mol. The number of carbonyl (C=O) groups is 6. The molecule has 0 aromatic rings. The van der Waals surface area contributed by atoms with E-state index in [1.807, 2.05) is 0 Å². The third kappa shape index (κ3) is 10.8. The maximum absolute atomic E-state index is 11.8. The van der Waals surface area contributed by atoms with Crippen LogP contribution in [0.4, 0.5) is 0 Å². The number of rotatable bonds is 11. The lowest BCUT2D eigenvalue weighted by atomic mass is 10.1. The normalized spacial score (nSPS) is 29.9. The number of ether oxygens (including phenoxy) is 8. The molecule has 8 atom stereocenters. The van der Waals surface area contributed by atoms with Crippen molar-refractivity contribution in [3.05, 3.63) is 0 Å². The molecule has 0 N–H and O–H groups in total. The molecule has 2 rings (SSSR count).